The maximum Gasteiger partial charge on any atom is 0.135 e. The van der Waals surface area contributed by atoms with Gasteiger partial charge < -0.3 is 19.4 Å². The van der Waals surface area contributed by atoms with Crippen LogP contribution >= 0.6 is 0 Å². The first-order valence-corrected chi connectivity index (χ1v) is 14.1. The van der Waals surface area contributed by atoms with Gasteiger partial charge in [-0.3, -0.25) is 0 Å². The van der Waals surface area contributed by atoms with Crippen LogP contribution in [0.5, 0.6) is 11.5 Å². The molecule has 0 aliphatic carbocycles. The second-order valence-corrected chi connectivity index (χ2v) is 10.2. The predicted octanol–water partition coefficient (Wildman–Crippen LogP) is 7.94. The van der Waals surface area contributed by atoms with Crippen LogP contribution in [-0.4, -0.2) is 26.2 Å². The molecule has 2 aliphatic heterocycles. The van der Waals surface area contributed by atoms with E-state index >= 15 is 0 Å². The molecule has 0 aromatic heterocycles. The Balaban J connectivity index is 1.66. The first kappa shape index (κ1) is 25.3. The minimum Gasteiger partial charge on any atom is -0.456 e. The Labute approximate surface area is 231 Å². The molecule has 0 radical (unpaired) electrons. The fourth-order valence-corrected chi connectivity index (χ4v) is 6.56. The molecule has 0 amide bonds. The van der Waals surface area contributed by atoms with Crippen molar-refractivity contribution < 1.29 is 9.13 Å². The lowest BCUT2D eigenvalue weighted by atomic mass is 9.74. The van der Waals surface area contributed by atoms with Gasteiger partial charge in [0.2, 0.25) is 0 Å². The smallest absolute Gasteiger partial charge is 0.135 e. The van der Waals surface area contributed by atoms with Gasteiger partial charge in [0.15, 0.2) is 0 Å². The summed E-state index contributed by atoms with van der Waals surface area (Å²) in [7, 11) is 0. The van der Waals surface area contributed by atoms with E-state index in [4.69, 9.17) is 4.74 Å². The van der Waals surface area contributed by atoms with Gasteiger partial charge in [-0.15, -0.1) is 0 Å². The number of hydrogen-bond acceptors (Lipinski definition) is 4. The van der Waals surface area contributed by atoms with E-state index in [9.17, 15) is 4.39 Å². The summed E-state index contributed by atoms with van der Waals surface area (Å²) in [6.07, 6.45) is 0. The van der Waals surface area contributed by atoms with Crippen molar-refractivity contribution in [3.05, 3.63) is 113 Å². The van der Waals surface area contributed by atoms with Crippen molar-refractivity contribution in [2.45, 2.75) is 39.8 Å². The van der Waals surface area contributed by atoms with E-state index in [2.05, 4.69) is 103 Å². The van der Waals surface area contributed by atoms with E-state index in [1.54, 1.807) is 12.1 Å². The van der Waals surface area contributed by atoms with Crippen LogP contribution < -0.4 is 19.4 Å². The summed E-state index contributed by atoms with van der Waals surface area (Å²) in [4.78, 5) is 7.11. The van der Waals surface area contributed by atoms with Crippen molar-refractivity contribution in [1.82, 2.24) is 0 Å². The van der Waals surface area contributed by atoms with Gasteiger partial charge in [0, 0.05) is 73.0 Å². The lowest BCUT2D eigenvalue weighted by Gasteiger charge is -2.46. The molecular weight excluding hydrogens is 485 g/mol. The second-order valence-electron chi connectivity index (χ2n) is 10.2. The molecule has 0 N–H and O–H groups in total. The monoisotopic (exact) mass is 521 g/mol. The SMILES string of the molecule is CCN(CC)c1ccc2c(c1)Oc1cc(N(CC)CC)ccc1C21c2ccccc2CN1c1ccc(F)cc1. The van der Waals surface area contributed by atoms with E-state index in [-0.39, 0.29) is 5.82 Å². The number of hydrogen-bond donors (Lipinski definition) is 0. The molecule has 0 unspecified atom stereocenters. The molecule has 2 aliphatic rings. The molecule has 0 saturated carbocycles. The Morgan fingerprint density at radius 2 is 1.23 bits per heavy atom. The van der Waals surface area contributed by atoms with Crippen molar-refractivity contribution in [3.63, 3.8) is 0 Å². The summed E-state index contributed by atoms with van der Waals surface area (Å²) in [5.74, 6) is 1.50. The molecule has 0 atom stereocenters. The normalized spacial score (nSPS) is 14.4. The van der Waals surface area contributed by atoms with Crippen LogP contribution in [0, 0.1) is 5.82 Å². The van der Waals surface area contributed by atoms with Gasteiger partial charge >= 0.3 is 0 Å². The van der Waals surface area contributed by atoms with Crippen molar-refractivity contribution in [1.29, 1.82) is 0 Å². The standard InChI is InChI=1S/C34H36FN3O/c1-5-36(6-2)27-17-19-30-32(21-27)39-33-22-28(37(7-3)8-4)18-20-31(33)34(30)29-12-10-9-11-24(29)23-38(34)26-15-13-25(35)14-16-26/h9-22H,5-8,23H2,1-4H3. The average Bonchev–Trinajstić information content (AvgIpc) is 3.30. The van der Waals surface area contributed by atoms with Gasteiger partial charge in [-0.1, -0.05) is 36.4 Å². The summed E-state index contributed by atoms with van der Waals surface area (Å²) in [5, 5.41) is 0. The topological polar surface area (TPSA) is 19.0 Å². The summed E-state index contributed by atoms with van der Waals surface area (Å²) < 4.78 is 20.9. The van der Waals surface area contributed by atoms with E-state index in [1.165, 1.54) is 11.1 Å². The highest BCUT2D eigenvalue weighted by atomic mass is 19.1. The molecule has 2 heterocycles. The third kappa shape index (κ3) is 3.86. The number of ether oxygens (including phenoxy) is 1. The number of benzene rings is 4. The minimum absolute atomic E-state index is 0.231. The molecule has 5 heteroatoms. The molecule has 6 rings (SSSR count). The van der Waals surface area contributed by atoms with E-state index in [0.29, 0.717) is 0 Å². The zero-order chi connectivity index (χ0) is 27.1. The zero-order valence-corrected chi connectivity index (χ0v) is 23.2. The van der Waals surface area contributed by atoms with Gasteiger partial charge in [0.05, 0.1) is 0 Å². The molecule has 4 nitrogen and oxygen atoms in total. The third-order valence-corrected chi connectivity index (χ3v) is 8.47. The van der Waals surface area contributed by atoms with E-state index in [0.717, 1.165) is 72.4 Å². The highest BCUT2D eigenvalue weighted by Crippen LogP contribution is 2.59. The first-order valence-electron chi connectivity index (χ1n) is 14.1. The Morgan fingerprint density at radius 1 is 0.692 bits per heavy atom. The highest BCUT2D eigenvalue weighted by Gasteiger charge is 2.53. The largest absolute Gasteiger partial charge is 0.456 e. The molecule has 39 heavy (non-hydrogen) atoms. The van der Waals surface area contributed by atoms with Crippen LogP contribution in [-0.2, 0) is 12.1 Å². The number of nitrogens with zero attached hydrogens (tertiary/aromatic N) is 3. The Kier molecular flexibility index (Phi) is 6.46. The number of fused-ring (bicyclic) bond motifs is 6. The lowest BCUT2D eigenvalue weighted by Crippen LogP contribution is -2.45. The van der Waals surface area contributed by atoms with Crippen molar-refractivity contribution >= 4 is 17.1 Å². The van der Waals surface area contributed by atoms with Gasteiger partial charge in [-0.05, 0) is 75.2 Å². The zero-order valence-electron chi connectivity index (χ0n) is 23.2. The Hall–Kier alpha value is -3.99. The van der Waals surface area contributed by atoms with Crippen molar-refractivity contribution in [2.24, 2.45) is 0 Å². The van der Waals surface area contributed by atoms with Crippen LogP contribution in [0.4, 0.5) is 21.5 Å². The first-order chi connectivity index (χ1) is 19.0. The van der Waals surface area contributed by atoms with Gasteiger partial charge in [0.25, 0.3) is 0 Å². The molecule has 0 saturated heterocycles. The molecule has 1 spiro atoms. The number of rotatable bonds is 7. The fourth-order valence-electron chi connectivity index (χ4n) is 6.56. The van der Waals surface area contributed by atoms with Crippen molar-refractivity contribution in [3.8, 4) is 11.5 Å². The average molecular weight is 522 g/mol. The molecule has 4 aromatic rings. The number of anilines is 3. The summed E-state index contributed by atoms with van der Waals surface area (Å²) in [5.41, 5.74) is 7.39. The minimum atomic E-state index is -0.610. The van der Waals surface area contributed by atoms with Crippen LogP contribution in [0.3, 0.4) is 0 Å². The van der Waals surface area contributed by atoms with Gasteiger partial charge in [0.1, 0.15) is 22.9 Å². The Morgan fingerprint density at radius 3 is 1.77 bits per heavy atom. The molecule has 200 valence electrons. The third-order valence-electron chi connectivity index (χ3n) is 8.47. The maximum absolute atomic E-state index is 14.1. The van der Waals surface area contributed by atoms with E-state index in [1.807, 2.05) is 12.1 Å². The fraction of sp³-hybridized carbons (Fsp3) is 0.294. The van der Waals surface area contributed by atoms with Crippen LogP contribution in [0.25, 0.3) is 0 Å². The molecule has 0 bridgehead atoms. The summed E-state index contributed by atoms with van der Waals surface area (Å²) >= 11 is 0. The summed E-state index contributed by atoms with van der Waals surface area (Å²) in [6.45, 7) is 13.1. The number of halogens is 1. The predicted molar refractivity (Wildman–Crippen MR) is 159 cm³/mol. The molecular formula is C34H36FN3O. The molecule has 0 fully saturated rings. The van der Waals surface area contributed by atoms with E-state index < -0.39 is 5.54 Å². The van der Waals surface area contributed by atoms with Crippen LogP contribution in [0.1, 0.15) is 49.9 Å². The molecule has 4 aromatic carbocycles. The quantitative estimate of drug-likeness (QED) is 0.246. The highest BCUT2D eigenvalue weighted by molar-refractivity contribution is 5.76. The maximum atomic E-state index is 14.1. The van der Waals surface area contributed by atoms with Crippen LogP contribution in [0.15, 0.2) is 84.9 Å². The second kappa shape index (κ2) is 9.96. The lowest BCUT2D eigenvalue weighted by molar-refractivity contribution is 0.416. The summed E-state index contributed by atoms with van der Waals surface area (Å²) in [6, 6.07) is 28.9. The van der Waals surface area contributed by atoms with Crippen LogP contribution in [0.2, 0.25) is 0 Å². The van der Waals surface area contributed by atoms with Gasteiger partial charge in [-0.2, -0.15) is 0 Å². The van der Waals surface area contributed by atoms with Gasteiger partial charge in [-0.25, -0.2) is 4.39 Å². The van der Waals surface area contributed by atoms with Crippen molar-refractivity contribution in [2.75, 3.05) is 40.9 Å². The Bertz CT molecular complexity index is 1430.